The second-order valence-corrected chi connectivity index (χ2v) is 6.59. The highest BCUT2D eigenvalue weighted by molar-refractivity contribution is 7.13. The fraction of sp³-hybridized carbons (Fsp3) is 0.188. The SMILES string of the molecule is CCN(Cc1nc(-c2cccs2)no1)C(=O)c1ccc(Cl)c([N+](=O)[O-])c1. The third kappa shape index (κ3) is 3.73. The standard InChI is InChI=1S/C16H13ClN4O4S/c1-2-20(9-14-18-15(19-25-14)13-4-3-7-26-13)16(22)10-5-6-11(17)12(8-10)21(23)24/h3-8H,2,9H2,1H3. The number of thiophene rings is 1. The number of nitro benzene ring substituents is 1. The number of aromatic nitrogens is 2. The fourth-order valence-corrected chi connectivity index (χ4v) is 3.12. The molecule has 3 aromatic rings. The van der Waals surface area contributed by atoms with Crippen LogP contribution in [0.3, 0.4) is 0 Å². The lowest BCUT2D eigenvalue weighted by atomic mass is 10.1. The molecule has 2 aromatic heterocycles. The predicted molar refractivity (Wildman–Crippen MR) is 96.1 cm³/mol. The Hall–Kier alpha value is -2.78. The number of nitrogens with zero attached hydrogens (tertiary/aromatic N) is 4. The highest BCUT2D eigenvalue weighted by Crippen LogP contribution is 2.26. The molecule has 0 radical (unpaired) electrons. The van der Waals surface area contributed by atoms with E-state index in [0.29, 0.717) is 12.4 Å². The van der Waals surface area contributed by atoms with Gasteiger partial charge in [-0.3, -0.25) is 14.9 Å². The van der Waals surface area contributed by atoms with Gasteiger partial charge in [0.1, 0.15) is 11.6 Å². The van der Waals surface area contributed by atoms with Gasteiger partial charge in [0.2, 0.25) is 11.7 Å². The molecule has 0 N–H and O–H groups in total. The van der Waals surface area contributed by atoms with Crippen LogP contribution < -0.4 is 0 Å². The van der Waals surface area contributed by atoms with Gasteiger partial charge in [-0.15, -0.1) is 11.3 Å². The van der Waals surface area contributed by atoms with E-state index in [9.17, 15) is 14.9 Å². The van der Waals surface area contributed by atoms with E-state index in [1.165, 1.54) is 28.4 Å². The van der Waals surface area contributed by atoms with Crippen molar-refractivity contribution in [1.29, 1.82) is 0 Å². The Bertz CT molecular complexity index is 942. The van der Waals surface area contributed by atoms with Crippen LogP contribution in [-0.4, -0.2) is 32.4 Å². The lowest BCUT2D eigenvalue weighted by Gasteiger charge is -2.18. The number of carbonyl (C=O) groups is 1. The molecule has 1 amide bonds. The topological polar surface area (TPSA) is 102 Å². The fourth-order valence-electron chi connectivity index (χ4n) is 2.28. The van der Waals surface area contributed by atoms with E-state index in [1.807, 2.05) is 17.5 Å². The zero-order valence-electron chi connectivity index (χ0n) is 13.6. The van der Waals surface area contributed by atoms with E-state index in [-0.39, 0.29) is 34.6 Å². The lowest BCUT2D eigenvalue weighted by molar-refractivity contribution is -0.384. The minimum atomic E-state index is -0.624. The summed E-state index contributed by atoms with van der Waals surface area (Å²) in [5.74, 6) is 0.357. The van der Waals surface area contributed by atoms with Crippen molar-refractivity contribution in [2.24, 2.45) is 0 Å². The van der Waals surface area contributed by atoms with E-state index in [0.717, 1.165) is 10.9 Å². The van der Waals surface area contributed by atoms with Gasteiger partial charge in [-0.2, -0.15) is 4.98 Å². The highest BCUT2D eigenvalue weighted by Gasteiger charge is 2.22. The Morgan fingerprint density at radius 1 is 1.42 bits per heavy atom. The number of carbonyl (C=O) groups excluding carboxylic acids is 1. The number of benzene rings is 1. The first-order chi connectivity index (χ1) is 12.5. The summed E-state index contributed by atoms with van der Waals surface area (Å²) in [5.41, 5.74) is -0.146. The summed E-state index contributed by atoms with van der Waals surface area (Å²) in [4.78, 5) is 29.7. The van der Waals surface area contributed by atoms with Crippen molar-refractivity contribution in [1.82, 2.24) is 15.0 Å². The van der Waals surface area contributed by atoms with Crippen LogP contribution in [0.1, 0.15) is 23.2 Å². The van der Waals surface area contributed by atoms with Crippen LogP contribution in [0.5, 0.6) is 0 Å². The molecule has 134 valence electrons. The van der Waals surface area contributed by atoms with Crippen LogP contribution in [0.15, 0.2) is 40.2 Å². The molecule has 0 saturated heterocycles. The van der Waals surface area contributed by atoms with Gasteiger partial charge in [-0.1, -0.05) is 22.8 Å². The summed E-state index contributed by atoms with van der Waals surface area (Å²) in [6.07, 6.45) is 0. The minimum absolute atomic E-state index is 0.0212. The molecule has 8 nitrogen and oxygen atoms in total. The molecule has 0 aliphatic rings. The maximum Gasteiger partial charge on any atom is 0.288 e. The van der Waals surface area contributed by atoms with Gasteiger partial charge in [-0.25, -0.2) is 0 Å². The maximum absolute atomic E-state index is 12.7. The number of amides is 1. The van der Waals surface area contributed by atoms with E-state index in [4.69, 9.17) is 16.1 Å². The molecule has 0 aliphatic heterocycles. The van der Waals surface area contributed by atoms with E-state index >= 15 is 0 Å². The molecule has 0 saturated carbocycles. The van der Waals surface area contributed by atoms with Gasteiger partial charge >= 0.3 is 0 Å². The molecule has 10 heteroatoms. The highest BCUT2D eigenvalue weighted by atomic mass is 35.5. The van der Waals surface area contributed by atoms with Gasteiger partial charge in [0.25, 0.3) is 11.6 Å². The molecule has 1 aromatic carbocycles. The number of halogens is 1. The van der Waals surface area contributed by atoms with Crippen LogP contribution in [0.4, 0.5) is 5.69 Å². The van der Waals surface area contributed by atoms with Gasteiger partial charge < -0.3 is 9.42 Å². The molecule has 2 heterocycles. The Labute approximate surface area is 157 Å². The minimum Gasteiger partial charge on any atom is -0.337 e. The van der Waals surface area contributed by atoms with Crippen LogP contribution in [0.2, 0.25) is 5.02 Å². The van der Waals surface area contributed by atoms with E-state index in [1.54, 1.807) is 6.92 Å². The van der Waals surface area contributed by atoms with Gasteiger partial charge in [0.15, 0.2) is 0 Å². The third-order valence-corrected chi connectivity index (χ3v) is 4.78. The van der Waals surface area contributed by atoms with Crippen molar-refractivity contribution in [3.05, 3.63) is 62.3 Å². The molecular formula is C16H13ClN4O4S. The van der Waals surface area contributed by atoms with E-state index < -0.39 is 4.92 Å². The first-order valence-electron chi connectivity index (χ1n) is 7.59. The molecule has 26 heavy (non-hydrogen) atoms. The van der Waals surface area contributed by atoms with Crippen LogP contribution in [0.25, 0.3) is 10.7 Å². The molecule has 0 unspecified atom stereocenters. The second kappa shape index (κ2) is 7.63. The largest absolute Gasteiger partial charge is 0.337 e. The maximum atomic E-state index is 12.7. The Balaban J connectivity index is 1.79. The number of hydrogen-bond donors (Lipinski definition) is 0. The first kappa shape index (κ1) is 18.0. The van der Waals surface area contributed by atoms with Gasteiger partial charge in [0.05, 0.1) is 9.80 Å². The number of hydrogen-bond acceptors (Lipinski definition) is 7. The monoisotopic (exact) mass is 392 g/mol. The average molecular weight is 393 g/mol. The van der Waals surface area contributed by atoms with E-state index in [2.05, 4.69) is 10.1 Å². The molecular weight excluding hydrogens is 380 g/mol. The Kier molecular flexibility index (Phi) is 5.29. The number of nitro groups is 1. The summed E-state index contributed by atoms with van der Waals surface area (Å²) in [5, 5.41) is 16.8. The quantitative estimate of drug-likeness (QED) is 0.463. The summed E-state index contributed by atoms with van der Waals surface area (Å²) in [6, 6.07) is 7.70. The van der Waals surface area contributed by atoms with Crippen LogP contribution in [0, 0.1) is 10.1 Å². The molecule has 0 fully saturated rings. The molecule has 3 rings (SSSR count). The summed E-state index contributed by atoms with van der Waals surface area (Å²) >= 11 is 7.27. The number of rotatable bonds is 6. The zero-order chi connectivity index (χ0) is 18.7. The second-order valence-electron chi connectivity index (χ2n) is 5.23. The average Bonchev–Trinajstić information content (AvgIpc) is 3.30. The van der Waals surface area contributed by atoms with Crippen molar-refractivity contribution in [3.63, 3.8) is 0 Å². The summed E-state index contributed by atoms with van der Waals surface area (Å²) in [7, 11) is 0. The van der Waals surface area contributed by atoms with Crippen molar-refractivity contribution < 1.29 is 14.2 Å². The molecule has 0 atom stereocenters. The molecule has 0 aliphatic carbocycles. The smallest absolute Gasteiger partial charge is 0.288 e. The third-order valence-electron chi connectivity index (χ3n) is 3.59. The van der Waals surface area contributed by atoms with Crippen molar-refractivity contribution in [2.75, 3.05) is 6.54 Å². The predicted octanol–water partition coefficient (Wildman–Crippen LogP) is 4.02. The van der Waals surface area contributed by atoms with Crippen molar-refractivity contribution >= 4 is 34.5 Å². The van der Waals surface area contributed by atoms with Crippen LogP contribution >= 0.6 is 22.9 Å². The van der Waals surface area contributed by atoms with Gasteiger partial charge in [0, 0.05) is 18.2 Å². The molecule has 0 spiro atoms. The van der Waals surface area contributed by atoms with Gasteiger partial charge in [-0.05, 0) is 30.5 Å². The normalized spacial score (nSPS) is 10.7. The summed E-state index contributed by atoms with van der Waals surface area (Å²) in [6.45, 7) is 2.26. The molecule has 0 bridgehead atoms. The first-order valence-corrected chi connectivity index (χ1v) is 8.85. The Morgan fingerprint density at radius 3 is 2.88 bits per heavy atom. The Morgan fingerprint density at radius 2 is 2.23 bits per heavy atom. The zero-order valence-corrected chi connectivity index (χ0v) is 15.2. The van der Waals surface area contributed by atoms with Crippen LogP contribution in [-0.2, 0) is 6.54 Å². The summed E-state index contributed by atoms with van der Waals surface area (Å²) < 4.78 is 5.21. The van der Waals surface area contributed by atoms with Crippen molar-refractivity contribution in [2.45, 2.75) is 13.5 Å². The lowest BCUT2D eigenvalue weighted by Crippen LogP contribution is -2.30. The van der Waals surface area contributed by atoms with Crippen molar-refractivity contribution in [3.8, 4) is 10.7 Å².